The molecule has 0 aromatic rings. The molecule has 0 heteroatoms. The van der Waals surface area contributed by atoms with Crippen molar-refractivity contribution in [2.24, 2.45) is 11.8 Å². The third-order valence-corrected chi connectivity index (χ3v) is 3.20. The number of rotatable bonds is 0. The van der Waals surface area contributed by atoms with Gasteiger partial charge >= 0.3 is 0 Å². The van der Waals surface area contributed by atoms with E-state index in [4.69, 9.17) is 0 Å². The molecule has 0 aliphatic heterocycles. The first-order valence-corrected chi connectivity index (χ1v) is 5.13. The van der Waals surface area contributed by atoms with Crippen molar-refractivity contribution in [1.82, 2.24) is 0 Å². The molecule has 0 heterocycles. The number of hydrogen-bond donors (Lipinski definition) is 0. The first kappa shape index (κ1) is 8.10. The zero-order chi connectivity index (χ0) is 8.55. The van der Waals surface area contributed by atoms with Gasteiger partial charge < -0.3 is 0 Å². The largest absolute Gasteiger partial charge is 0.0819 e. The summed E-state index contributed by atoms with van der Waals surface area (Å²) in [5, 5.41) is 0. The van der Waals surface area contributed by atoms with Crippen molar-refractivity contribution in [2.45, 2.75) is 39.5 Å². The summed E-state index contributed by atoms with van der Waals surface area (Å²) < 4.78 is 0. The third kappa shape index (κ3) is 1.48. The van der Waals surface area contributed by atoms with Crippen molar-refractivity contribution in [1.29, 1.82) is 0 Å². The second kappa shape index (κ2) is 3.08. The van der Waals surface area contributed by atoms with Crippen LogP contribution in [0.4, 0.5) is 0 Å². The van der Waals surface area contributed by atoms with E-state index in [9.17, 15) is 0 Å². The fourth-order valence-electron chi connectivity index (χ4n) is 2.43. The first-order valence-electron chi connectivity index (χ1n) is 5.13. The summed E-state index contributed by atoms with van der Waals surface area (Å²) in [7, 11) is 0. The molecule has 0 fully saturated rings. The Morgan fingerprint density at radius 2 is 2.00 bits per heavy atom. The lowest BCUT2D eigenvalue weighted by Gasteiger charge is -2.29. The van der Waals surface area contributed by atoms with E-state index in [2.05, 4.69) is 26.0 Å². The second-order valence-electron chi connectivity index (χ2n) is 4.42. The smallest absolute Gasteiger partial charge is 0.00203 e. The van der Waals surface area contributed by atoms with Gasteiger partial charge in [-0.05, 0) is 44.4 Å². The molecule has 0 amide bonds. The van der Waals surface area contributed by atoms with Gasteiger partial charge in [0, 0.05) is 0 Å². The minimum Gasteiger partial charge on any atom is -0.0819 e. The van der Waals surface area contributed by atoms with Gasteiger partial charge in [-0.15, -0.1) is 0 Å². The fourth-order valence-corrected chi connectivity index (χ4v) is 2.43. The van der Waals surface area contributed by atoms with Gasteiger partial charge in [-0.3, -0.25) is 0 Å². The number of fused-ring (bicyclic) bond motifs is 1. The van der Waals surface area contributed by atoms with E-state index in [1.165, 1.54) is 25.7 Å². The normalized spacial score (nSPS) is 35.2. The molecule has 0 radical (unpaired) electrons. The van der Waals surface area contributed by atoms with E-state index >= 15 is 0 Å². The maximum absolute atomic E-state index is 2.51. The average Bonchev–Trinajstić information content (AvgIpc) is 2.05. The minimum atomic E-state index is 0.815. The molecule has 0 aromatic heterocycles. The van der Waals surface area contributed by atoms with Crippen LogP contribution in [0.5, 0.6) is 0 Å². The Morgan fingerprint density at radius 1 is 1.17 bits per heavy atom. The summed E-state index contributed by atoms with van der Waals surface area (Å²) in [5.41, 5.74) is 3.33. The van der Waals surface area contributed by atoms with Gasteiger partial charge in [-0.1, -0.05) is 30.2 Å². The lowest BCUT2D eigenvalue weighted by Crippen LogP contribution is -2.14. The molecule has 0 bridgehead atoms. The molecule has 2 aliphatic carbocycles. The van der Waals surface area contributed by atoms with E-state index < -0.39 is 0 Å². The fraction of sp³-hybridized carbons (Fsp3) is 0.667. The van der Waals surface area contributed by atoms with Crippen LogP contribution >= 0.6 is 0 Å². The quantitative estimate of drug-likeness (QED) is 0.476. The molecule has 66 valence electrons. The Morgan fingerprint density at radius 3 is 2.83 bits per heavy atom. The minimum absolute atomic E-state index is 0.815. The Bertz CT molecular complexity index is 232. The van der Waals surface area contributed by atoms with Crippen LogP contribution in [0.15, 0.2) is 23.3 Å². The lowest BCUT2D eigenvalue weighted by molar-refractivity contribution is 0.483. The third-order valence-electron chi connectivity index (χ3n) is 3.20. The van der Waals surface area contributed by atoms with Crippen LogP contribution in [0.25, 0.3) is 0 Å². The summed E-state index contributed by atoms with van der Waals surface area (Å²) in [6.45, 7) is 4.61. The highest BCUT2D eigenvalue weighted by Gasteiger charge is 2.21. The van der Waals surface area contributed by atoms with E-state index in [1.807, 2.05) is 0 Å². The maximum atomic E-state index is 2.51. The standard InChI is InChI=1S/C12H18/c1-9-3-5-12-8-10(2)4-6-11(12)7-9/h7-9,12H,3-6H2,1-2H3. The Kier molecular flexibility index (Phi) is 2.08. The zero-order valence-electron chi connectivity index (χ0n) is 8.14. The molecular formula is C12H18. The van der Waals surface area contributed by atoms with Crippen molar-refractivity contribution < 1.29 is 0 Å². The van der Waals surface area contributed by atoms with Crippen LogP contribution in [0.1, 0.15) is 39.5 Å². The highest BCUT2D eigenvalue weighted by molar-refractivity contribution is 5.24. The maximum Gasteiger partial charge on any atom is -0.00203 e. The van der Waals surface area contributed by atoms with Gasteiger partial charge in [0.05, 0.1) is 0 Å². The highest BCUT2D eigenvalue weighted by Crippen LogP contribution is 2.36. The highest BCUT2D eigenvalue weighted by atomic mass is 14.3. The molecule has 12 heavy (non-hydrogen) atoms. The van der Waals surface area contributed by atoms with Gasteiger partial charge in [-0.2, -0.15) is 0 Å². The number of hydrogen-bond acceptors (Lipinski definition) is 0. The molecule has 2 rings (SSSR count). The van der Waals surface area contributed by atoms with Crippen molar-refractivity contribution in [3.05, 3.63) is 23.3 Å². The van der Waals surface area contributed by atoms with Gasteiger partial charge in [0.1, 0.15) is 0 Å². The van der Waals surface area contributed by atoms with Crippen molar-refractivity contribution in [3.8, 4) is 0 Å². The van der Waals surface area contributed by atoms with Crippen molar-refractivity contribution in [2.75, 3.05) is 0 Å². The Labute approximate surface area is 75.4 Å². The van der Waals surface area contributed by atoms with E-state index in [-0.39, 0.29) is 0 Å². The second-order valence-corrected chi connectivity index (χ2v) is 4.42. The topological polar surface area (TPSA) is 0 Å². The Balaban J connectivity index is 2.21. The molecular weight excluding hydrogens is 144 g/mol. The van der Waals surface area contributed by atoms with Crippen LogP contribution in [0.2, 0.25) is 0 Å². The Hall–Kier alpha value is -0.520. The van der Waals surface area contributed by atoms with Gasteiger partial charge in [-0.25, -0.2) is 0 Å². The monoisotopic (exact) mass is 162 g/mol. The first-order chi connectivity index (χ1) is 5.75. The molecule has 0 N–H and O–H groups in total. The van der Waals surface area contributed by atoms with Gasteiger partial charge in [0.25, 0.3) is 0 Å². The van der Waals surface area contributed by atoms with E-state index in [0.717, 1.165) is 11.8 Å². The molecule has 2 unspecified atom stereocenters. The van der Waals surface area contributed by atoms with Crippen LogP contribution in [-0.4, -0.2) is 0 Å². The van der Waals surface area contributed by atoms with Crippen LogP contribution in [0.3, 0.4) is 0 Å². The van der Waals surface area contributed by atoms with Gasteiger partial charge in [0.2, 0.25) is 0 Å². The lowest BCUT2D eigenvalue weighted by atomic mass is 9.77. The van der Waals surface area contributed by atoms with E-state index in [1.54, 1.807) is 11.1 Å². The van der Waals surface area contributed by atoms with E-state index in [0.29, 0.717) is 0 Å². The molecule has 0 spiro atoms. The molecule has 2 atom stereocenters. The van der Waals surface area contributed by atoms with Gasteiger partial charge in [0.15, 0.2) is 0 Å². The summed E-state index contributed by atoms with van der Waals surface area (Å²) in [6, 6.07) is 0. The van der Waals surface area contributed by atoms with Crippen LogP contribution < -0.4 is 0 Å². The zero-order valence-corrected chi connectivity index (χ0v) is 8.14. The predicted molar refractivity (Wildman–Crippen MR) is 53.0 cm³/mol. The van der Waals surface area contributed by atoms with Crippen molar-refractivity contribution in [3.63, 3.8) is 0 Å². The van der Waals surface area contributed by atoms with Crippen LogP contribution in [0, 0.1) is 11.8 Å². The SMILES string of the molecule is CC1=CC2CCC(C)C=C2CC1. The molecule has 0 nitrogen and oxygen atoms in total. The summed E-state index contributed by atoms with van der Waals surface area (Å²) in [5.74, 6) is 1.65. The number of allylic oxidation sites excluding steroid dienone is 4. The average molecular weight is 162 g/mol. The molecule has 2 aliphatic rings. The summed E-state index contributed by atoms with van der Waals surface area (Å²) in [4.78, 5) is 0. The molecule has 0 saturated heterocycles. The summed E-state index contributed by atoms with van der Waals surface area (Å²) in [6.07, 6.45) is 10.4. The molecule has 0 saturated carbocycles. The predicted octanol–water partition coefficient (Wildman–Crippen LogP) is 3.70. The molecule has 0 aromatic carbocycles. The van der Waals surface area contributed by atoms with Crippen molar-refractivity contribution >= 4 is 0 Å². The van der Waals surface area contributed by atoms with Crippen LogP contribution in [-0.2, 0) is 0 Å². The summed E-state index contributed by atoms with van der Waals surface area (Å²) >= 11 is 0.